The summed E-state index contributed by atoms with van der Waals surface area (Å²) < 4.78 is 0. The molecule has 1 fully saturated rings. The highest BCUT2D eigenvalue weighted by atomic mass is 35.5. The molecule has 0 aromatic heterocycles. The van der Waals surface area contributed by atoms with E-state index < -0.39 is 0 Å². The van der Waals surface area contributed by atoms with Crippen molar-refractivity contribution in [3.05, 3.63) is 28.8 Å². The highest BCUT2D eigenvalue weighted by molar-refractivity contribution is 6.32. The van der Waals surface area contributed by atoms with Crippen LogP contribution in [0.15, 0.2) is 18.2 Å². The fourth-order valence-electron chi connectivity index (χ4n) is 2.65. The molecule has 2 unspecified atom stereocenters. The van der Waals surface area contributed by atoms with Gasteiger partial charge >= 0.3 is 0 Å². The Morgan fingerprint density at radius 1 is 1.44 bits per heavy atom. The third-order valence-corrected chi connectivity index (χ3v) is 3.91. The summed E-state index contributed by atoms with van der Waals surface area (Å²) in [6, 6.07) is 7.88. The second-order valence-corrected chi connectivity index (χ2v) is 5.17. The second-order valence-electron chi connectivity index (χ2n) is 4.76. The van der Waals surface area contributed by atoms with Crippen LogP contribution < -0.4 is 5.32 Å². The highest BCUT2D eigenvalue weighted by Crippen LogP contribution is 2.31. The van der Waals surface area contributed by atoms with Gasteiger partial charge in [-0.05, 0) is 43.4 Å². The molecule has 0 saturated heterocycles. The number of halogens is 1. The summed E-state index contributed by atoms with van der Waals surface area (Å²) in [5.74, 6) is 0.532. The van der Waals surface area contributed by atoms with Gasteiger partial charge in [-0.15, -0.1) is 0 Å². The van der Waals surface area contributed by atoms with Crippen molar-refractivity contribution in [2.75, 3.05) is 11.9 Å². The zero-order valence-electron chi connectivity index (χ0n) is 10.2. The van der Waals surface area contributed by atoms with Gasteiger partial charge in [-0.2, -0.15) is 5.26 Å². The number of anilines is 1. The molecule has 1 aliphatic carbocycles. The predicted molar refractivity (Wildman–Crippen MR) is 72.6 cm³/mol. The topological polar surface area (TPSA) is 56.0 Å². The number of aliphatic hydroxyl groups is 1. The first-order valence-electron chi connectivity index (χ1n) is 6.31. The van der Waals surface area contributed by atoms with Gasteiger partial charge in [-0.1, -0.05) is 18.0 Å². The van der Waals surface area contributed by atoms with E-state index in [2.05, 4.69) is 11.4 Å². The van der Waals surface area contributed by atoms with Crippen molar-refractivity contribution in [1.82, 2.24) is 0 Å². The lowest BCUT2D eigenvalue weighted by Crippen LogP contribution is -2.24. The maximum Gasteiger partial charge on any atom is 0.101 e. The van der Waals surface area contributed by atoms with Crippen molar-refractivity contribution >= 4 is 17.3 Å². The first-order valence-corrected chi connectivity index (χ1v) is 6.69. The van der Waals surface area contributed by atoms with Gasteiger partial charge in [0.15, 0.2) is 0 Å². The van der Waals surface area contributed by atoms with E-state index in [1.165, 1.54) is 12.8 Å². The van der Waals surface area contributed by atoms with E-state index in [0.717, 1.165) is 18.5 Å². The van der Waals surface area contributed by atoms with E-state index in [0.29, 0.717) is 22.5 Å². The minimum absolute atomic E-state index is 0.247. The molecule has 1 aromatic carbocycles. The lowest BCUT2D eigenvalue weighted by Gasteiger charge is -2.21. The van der Waals surface area contributed by atoms with Gasteiger partial charge in [0.2, 0.25) is 0 Å². The van der Waals surface area contributed by atoms with Crippen LogP contribution in [0.5, 0.6) is 0 Å². The Morgan fingerprint density at radius 2 is 2.28 bits per heavy atom. The molecule has 1 saturated carbocycles. The summed E-state index contributed by atoms with van der Waals surface area (Å²) in [6.07, 6.45) is 4.35. The van der Waals surface area contributed by atoms with E-state index in [9.17, 15) is 0 Å². The van der Waals surface area contributed by atoms with E-state index in [1.54, 1.807) is 12.1 Å². The third-order valence-electron chi connectivity index (χ3n) is 3.60. The van der Waals surface area contributed by atoms with Crippen LogP contribution in [0, 0.1) is 17.2 Å². The molecule has 1 aromatic rings. The average molecular weight is 265 g/mol. The average Bonchev–Trinajstić information content (AvgIpc) is 2.78. The number of nitrogens with zero attached hydrogens (tertiary/aromatic N) is 1. The van der Waals surface area contributed by atoms with Gasteiger partial charge in [0.05, 0.1) is 10.6 Å². The largest absolute Gasteiger partial charge is 0.396 e. The fraction of sp³-hybridized carbons (Fsp3) is 0.500. The monoisotopic (exact) mass is 264 g/mol. The molecule has 4 heteroatoms. The van der Waals surface area contributed by atoms with E-state index in [1.807, 2.05) is 6.07 Å². The van der Waals surface area contributed by atoms with Crippen molar-refractivity contribution in [3.8, 4) is 6.07 Å². The SMILES string of the molecule is N#Cc1ccc(NC2CCCC2CCO)cc1Cl. The van der Waals surface area contributed by atoms with Crippen molar-refractivity contribution in [1.29, 1.82) is 5.26 Å². The Kier molecular flexibility index (Phi) is 4.46. The lowest BCUT2D eigenvalue weighted by molar-refractivity contribution is 0.254. The normalized spacial score (nSPS) is 22.7. The maximum absolute atomic E-state index is 9.04. The van der Waals surface area contributed by atoms with Crippen LogP contribution in [-0.2, 0) is 0 Å². The van der Waals surface area contributed by atoms with Crippen LogP contribution in [0.3, 0.4) is 0 Å². The molecule has 0 aliphatic heterocycles. The number of benzene rings is 1. The molecule has 2 atom stereocenters. The Morgan fingerprint density at radius 3 is 2.94 bits per heavy atom. The summed E-state index contributed by atoms with van der Waals surface area (Å²) in [7, 11) is 0. The zero-order chi connectivity index (χ0) is 13.0. The van der Waals surface area contributed by atoms with Crippen LogP contribution in [0.4, 0.5) is 5.69 Å². The molecule has 0 radical (unpaired) electrons. The standard InChI is InChI=1S/C14H17ClN2O/c15-13-8-12(5-4-11(13)9-16)17-14-3-1-2-10(14)6-7-18/h4-5,8,10,14,17-18H,1-3,6-7H2. The quantitative estimate of drug-likeness (QED) is 0.878. The minimum Gasteiger partial charge on any atom is -0.396 e. The number of nitrogens with one attached hydrogen (secondary N) is 1. The van der Waals surface area contributed by atoms with Crippen molar-refractivity contribution in [3.63, 3.8) is 0 Å². The number of hydrogen-bond donors (Lipinski definition) is 2. The summed E-state index contributed by atoms with van der Waals surface area (Å²) in [5, 5.41) is 21.8. The number of nitriles is 1. The molecular weight excluding hydrogens is 248 g/mol. The molecule has 96 valence electrons. The third kappa shape index (κ3) is 2.95. The first-order chi connectivity index (χ1) is 8.74. The summed E-state index contributed by atoms with van der Waals surface area (Å²) in [5.41, 5.74) is 1.45. The Hall–Kier alpha value is -1.24. The molecule has 0 amide bonds. The first kappa shape index (κ1) is 13.2. The molecule has 0 heterocycles. The van der Waals surface area contributed by atoms with Crippen molar-refractivity contribution < 1.29 is 5.11 Å². The van der Waals surface area contributed by atoms with Gasteiger partial charge in [-0.25, -0.2) is 0 Å². The van der Waals surface area contributed by atoms with Crippen LogP contribution in [-0.4, -0.2) is 17.8 Å². The molecule has 3 nitrogen and oxygen atoms in total. The molecule has 2 N–H and O–H groups in total. The second kappa shape index (κ2) is 6.08. The molecular formula is C14H17ClN2O. The smallest absolute Gasteiger partial charge is 0.101 e. The maximum atomic E-state index is 9.04. The van der Waals surface area contributed by atoms with Gasteiger partial charge in [0.1, 0.15) is 6.07 Å². The van der Waals surface area contributed by atoms with E-state index >= 15 is 0 Å². The predicted octanol–water partition coefficient (Wildman–Crippen LogP) is 3.17. The van der Waals surface area contributed by atoms with Gasteiger partial charge < -0.3 is 10.4 Å². The van der Waals surface area contributed by atoms with Crippen LogP contribution in [0.25, 0.3) is 0 Å². The molecule has 18 heavy (non-hydrogen) atoms. The lowest BCUT2D eigenvalue weighted by atomic mass is 10.00. The molecule has 0 bridgehead atoms. The zero-order valence-corrected chi connectivity index (χ0v) is 11.0. The Bertz CT molecular complexity index is 456. The van der Waals surface area contributed by atoms with E-state index in [-0.39, 0.29) is 6.61 Å². The summed E-state index contributed by atoms with van der Waals surface area (Å²) in [4.78, 5) is 0. The Labute approximate surface area is 112 Å². The number of hydrogen-bond acceptors (Lipinski definition) is 3. The van der Waals surface area contributed by atoms with Gasteiger partial charge in [-0.3, -0.25) is 0 Å². The molecule has 0 spiro atoms. The Balaban J connectivity index is 2.05. The van der Waals surface area contributed by atoms with Crippen LogP contribution >= 0.6 is 11.6 Å². The van der Waals surface area contributed by atoms with Crippen molar-refractivity contribution in [2.24, 2.45) is 5.92 Å². The molecule has 2 rings (SSSR count). The fourth-order valence-corrected chi connectivity index (χ4v) is 2.87. The van der Waals surface area contributed by atoms with Crippen LogP contribution in [0.2, 0.25) is 5.02 Å². The molecule has 1 aliphatic rings. The highest BCUT2D eigenvalue weighted by Gasteiger charge is 2.26. The minimum atomic E-state index is 0.247. The van der Waals surface area contributed by atoms with Gasteiger partial charge in [0.25, 0.3) is 0 Å². The summed E-state index contributed by atoms with van der Waals surface area (Å²) >= 11 is 6.01. The number of rotatable bonds is 4. The number of aliphatic hydroxyl groups excluding tert-OH is 1. The summed E-state index contributed by atoms with van der Waals surface area (Å²) in [6.45, 7) is 0.247. The van der Waals surface area contributed by atoms with E-state index in [4.69, 9.17) is 22.0 Å². The van der Waals surface area contributed by atoms with Crippen molar-refractivity contribution in [2.45, 2.75) is 31.7 Å². The van der Waals surface area contributed by atoms with Crippen LogP contribution in [0.1, 0.15) is 31.2 Å². The van der Waals surface area contributed by atoms with Gasteiger partial charge in [0, 0.05) is 18.3 Å².